The second-order valence-electron chi connectivity index (χ2n) is 4.37. The number of hydrogen-bond donors (Lipinski definition) is 1. The summed E-state index contributed by atoms with van der Waals surface area (Å²) in [4.78, 5) is 2.50. The highest BCUT2D eigenvalue weighted by atomic mass is 15.2. The number of rotatable bonds is 3. The molecule has 0 bridgehead atoms. The molecular formula is C13H20N2. The van der Waals surface area contributed by atoms with Gasteiger partial charge in [0.15, 0.2) is 0 Å². The summed E-state index contributed by atoms with van der Waals surface area (Å²) in [7, 11) is 0. The van der Waals surface area contributed by atoms with Gasteiger partial charge in [0.2, 0.25) is 0 Å². The fourth-order valence-electron chi connectivity index (χ4n) is 2.63. The molecule has 82 valence electrons. The molecule has 0 amide bonds. The molecule has 2 atom stereocenters. The highest BCUT2D eigenvalue weighted by Gasteiger charge is 2.30. The van der Waals surface area contributed by atoms with Crippen LogP contribution in [0.4, 0.5) is 0 Å². The fourth-order valence-corrected chi connectivity index (χ4v) is 2.63. The molecule has 2 nitrogen and oxygen atoms in total. The standard InChI is InChI=1S/C13H20N2/c1-11-13(7-9-15(11)10-8-14)12-5-3-2-4-6-12/h2-6,11,13H,7-10,14H2,1H3. The van der Waals surface area contributed by atoms with Gasteiger partial charge >= 0.3 is 0 Å². The molecule has 15 heavy (non-hydrogen) atoms. The van der Waals surface area contributed by atoms with E-state index in [9.17, 15) is 0 Å². The molecule has 2 rings (SSSR count). The highest BCUT2D eigenvalue weighted by Crippen LogP contribution is 2.32. The summed E-state index contributed by atoms with van der Waals surface area (Å²) in [5, 5.41) is 0. The highest BCUT2D eigenvalue weighted by molar-refractivity contribution is 5.22. The molecule has 2 heteroatoms. The molecule has 1 fully saturated rings. The van der Waals surface area contributed by atoms with Gasteiger partial charge in [-0.3, -0.25) is 4.90 Å². The molecule has 0 aliphatic carbocycles. The van der Waals surface area contributed by atoms with Gasteiger partial charge in [-0.2, -0.15) is 0 Å². The van der Waals surface area contributed by atoms with E-state index in [-0.39, 0.29) is 0 Å². The Labute approximate surface area is 92.1 Å². The summed E-state index contributed by atoms with van der Waals surface area (Å²) < 4.78 is 0. The van der Waals surface area contributed by atoms with Crippen LogP contribution in [0.3, 0.4) is 0 Å². The van der Waals surface area contributed by atoms with E-state index < -0.39 is 0 Å². The van der Waals surface area contributed by atoms with Crippen molar-refractivity contribution in [2.24, 2.45) is 5.73 Å². The quantitative estimate of drug-likeness (QED) is 0.814. The van der Waals surface area contributed by atoms with Gasteiger partial charge in [-0.15, -0.1) is 0 Å². The molecule has 1 aromatic carbocycles. The second-order valence-corrected chi connectivity index (χ2v) is 4.37. The largest absolute Gasteiger partial charge is 0.329 e. The number of nitrogens with two attached hydrogens (primary N) is 1. The topological polar surface area (TPSA) is 29.3 Å². The van der Waals surface area contributed by atoms with Gasteiger partial charge in [0.25, 0.3) is 0 Å². The zero-order valence-corrected chi connectivity index (χ0v) is 9.39. The Morgan fingerprint density at radius 2 is 2.07 bits per heavy atom. The summed E-state index contributed by atoms with van der Waals surface area (Å²) in [6, 6.07) is 11.5. The Hall–Kier alpha value is -0.860. The summed E-state index contributed by atoms with van der Waals surface area (Å²) >= 11 is 0. The van der Waals surface area contributed by atoms with E-state index in [1.807, 2.05) is 0 Å². The van der Waals surface area contributed by atoms with Crippen LogP contribution in [0.2, 0.25) is 0 Å². The molecule has 0 radical (unpaired) electrons. The van der Waals surface area contributed by atoms with E-state index in [1.54, 1.807) is 0 Å². The normalized spacial score (nSPS) is 27.1. The van der Waals surface area contributed by atoms with E-state index in [1.165, 1.54) is 18.5 Å². The van der Waals surface area contributed by atoms with E-state index in [4.69, 9.17) is 5.73 Å². The van der Waals surface area contributed by atoms with Crippen molar-refractivity contribution in [2.75, 3.05) is 19.6 Å². The van der Waals surface area contributed by atoms with Crippen molar-refractivity contribution >= 4 is 0 Å². The van der Waals surface area contributed by atoms with Gasteiger partial charge in [-0.1, -0.05) is 30.3 Å². The average molecular weight is 204 g/mol. The predicted octanol–water partition coefficient (Wildman–Crippen LogP) is 1.82. The zero-order chi connectivity index (χ0) is 10.7. The Morgan fingerprint density at radius 1 is 1.33 bits per heavy atom. The minimum absolute atomic E-state index is 0.635. The maximum atomic E-state index is 5.61. The molecule has 0 saturated carbocycles. The minimum atomic E-state index is 0.635. The van der Waals surface area contributed by atoms with Crippen LogP contribution in [-0.2, 0) is 0 Å². The summed E-state index contributed by atoms with van der Waals surface area (Å²) in [5.41, 5.74) is 7.09. The van der Waals surface area contributed by atoms with Crippen molar-refractivity contribution in [1.82, 2.24) is 4.90 Å². The summed E-state index contributed by atoms with van der Waals surface area (Å²) in [6.45, 7) is 5.31. The lowest BCUT2D eigenvalue weighted by Crippen LogP contribution is -2.33. The molecule has 2 unspecified atom stereocenters. The van der Waals surface area contributed by atoms with E-state index in [2.05, 4.69) is 42.2 Å². The lowest BCUT2D eigenvalue weighted by Gasteiger charge is -2.24. The fraction of sp³-hybridized carbons (Fsp3) is 0.538. The number of benzene rings is 1. The lowest BCUT2D eigenvalue weighted by atomic mass is 9.93. The molecule has 1 aliphatic rings. The third-order valence-electron chi connectivity index (χ3n) is 3.53. The first-order chi connectivity index (χ1) is 7.33. The maximum Gasteiger partial charge on any atom is 0.0137 e. The van der Waals surface area contributed by atoms with Crippen molar-refractivity contribution in [3.8, 4) is 0 Å². The molecular weight excluding hydrogens is 184 g/mol. The van der Waals surface area contributed by atoms with Crippen LogP contribution in [-0.4, -0.2) is 30.6 Å². The number of hydrogen-bond acceptors (Lipinski definition) is 2. The van der Waals surface area contributed by atoms with Crippen molar-refractivity contribution in [2.45, 2.75) is 25.3 Å². The van der Waals surface area contributed by atoms with Crippen molar-refractivity contribution in [1.29, 1.82) is 0 Å². The van der Waals surface area contributed by atoms with Crippen LogP contribution in [0.1, 0.15) is 24.8 Å². The average Bonchev–Trinajstić information content (AvgIpc) is 2.63. The van der Waals surface area contributed by atoms with E-state index in [0.29, 0.717) is 12.0 Å². The zero-order valence-electron chi connectivity index (χ0n) is 9.39. The SMILES string of the molecule is CC1C(c2ccccc2)CCN1CCN. The monoisotopic (exact) mass is 204 g/mol. The first kappa shape index (κ1) is 10.7. The van der Waals surface area contributed by atoms with Crippen LogP contribution < -0.4 is 5.73 Å². The second kappa shape index (κ2) is 4.77. The van der Waals surface area contributed by atoms with Crippen LogP contribution in [0.25, 0.3) is 0 Å². The van der Waals surface area contributed by atoms with Crippen LogP contribution >= 0.6 is 0 Å². The molecule has 0 spiro atoms. The van der Waals surface area contributed by atoms with Gasteiger partial charge < -0.3 is 5.73 Å². The maximum absolute atomic E-state index is 5.61. The Bertz CT molecular complexity index is 297. The van der Waals surface area contributed by atoms with Gasteiger partial charge in [0, 0.05) is 25.0 Å². The van der Waals surface area contributed by atoms with Gasteiger partial charge in [0.05, 0.1) is 0 Å². The predicted molar refractivity (Wildman–Crippen MR) is 63.9 cm³/mol. The number of nitrogens with zero attached hydrogens (tertiary/aromatic N) is 1. The van der Waals surface area contributed by atoms with Crippen molar-refractivity contribution in [3.05, 3.63) is 35.9 Å². The van der Waals surface area contributed by atoms with Crippen molar-refractivity contribution < 1.29 is 0 Å². The Morgan fingerprint density at radius 3 is 2.73 bits per heavy atom. The van der Waals surface area contributed by atoms with Crippen LogP contribution in [0.5, 0.6) is 0 Å². The van der Waals surface area contributed by atoms with Gasteiger partial charge in [0.1, 0.15) is 0 Å². The third-order valence-corrected chi connectivity index (χ3v) is 3.53. The molecule has 2 N–H and O–H groups in total. The van der Waals surface area contributed by atoms with Crippen LogP contribution in [0.15, 0.2) is 30.3 Å². The molecule has 0 aromatic heterocycles. The summed E-state index contributed by atoms with van der Waals surface area (Å²) in [6.07, 6.45) is 1.27. The minimum Gasteiger partial charge on any atom is -0.329 e. The molecule has 1 heterocycles. The Kier molecular flexibility index (Phi) is 3.39. The Balaban J connectivity index is 2.07. The van der Waals surface area contributed by atoms with Gasteiger partial charge in [-0.05, 0) is 25.5 Å². The molecule has 1 aromatic rings. The number of likely N-dealkylation sites (tertiary alicyclic amines) is 1. The summed E-state index contributed by atoms with van der Waals surface area (Å²) in [5.74, 6) is 0.692. The lowest BCUT2D eigenvalue weighted by molar-refractivity contribution is 0.267. The van der Waals surface area contributed by atoms with Crippen LogP contribution in [0, 0.1) is 0 Å². The first-order valence-electron chi connectivity index (χ1n) is 5.82. The van der Waals surface area contributed by atoms with E-state index in [0.717, 1.165) is 13.1 Å². The molecule has 1 saturated heterocycles. The first-order valence-corrected chi connectivity index (χ1v) is 5.82. The van der Waals surface area contributed by atoms with Crippen molar-refractivity contribution in [3.63, 3.8) is 0 Å². The van der Waals surface area contributed by atoms with Gasteiger partial charge in [-0.25, -0.2) is 0 Å². The van der Waals surface area contributed by atoms with E-state index >= 15 is 0 Å². The smallest absolute Gasteiger partial charge is 0.0137 e. The molecule has 1 aliphatic heterocycles. The third kappa shape index (κ3) is 2.21.